The standard InChI is InChI=1S/C13H25NO/c1-10-5-3-7-12(10)13(14-2)11-6-4-8-15-9-11/h10-14H,3-9H2,1-2H3. The van der Waals surface area contributed by atoms with Gasteiger partial charge in [-0.25, -0.2) is 0 Å². The Morgan fingerprint density at radius 3 is 2.60 bits per heavy atom. The first-order chi connectivity index (χ1) is 7.33. The van der Waals surface area contributed by atoms with Gasteiger partial charge in [-0.3, -0.25) is 0 Å². The Labute approximate surface area is 93.8 Å². The summed E-state index contributed by atoms with van der Waals surface area (Å²) in [7, 11) is 2.13. The van der Waals surface area contributed by atoms with Crippen LogP contribution in [-0.4, -0.2) is 26.3 Å². The Morgan fingerprint density at radius 2 is 2.07 bits per heavy atom. The molecule has 1 saturated carbocycles. The summed E-state index contributed by atoms with van der Waals surface area (Å²) in [5, 5.41) is 3.56. The second-order valence-electron chi connectivity index (χ2n) is 5.36. The van der Waals surface area contributed by atoms with E-state index < -0.39 is 0 Å². The molecule has 0 spiro atoms. The SMILES string of the molecule is CNC(C1CCCOC1)C1CCCC1C. The molecule has 2 nitrogen and oxygen atoms in total. The molecule has 2 fully saturated rings. The lowest BCUT2D eigenvalue weighted by molar-refractivity contribution is 0.0268. The second-order valence-corrected chi connectivity index (χ2v) is 5.36. The van der Waals surface area contributed by atoms with Crippen molar-refractivity contribution in [3.05, 3.63) is 0 Å². The highest BCUT2D eigenvalue weighted by atomic mass is 16.5. The molecule has 4 unspecified atom stereocenters. The minimum absolute atomic E-state index is 0.697. The Balaban J connectivity index is 1.95. The van der Waals surface area contributed by atoms with E-state index in [4.69, 9.17) is 4.74 Å². The van der Waals surface area contributed by atoms with Gasteiger partial charge in [0.15, 0.2) is 0 Å². The van der Waals surface area contributed by atoms with E-state index in [0.29, 0.717) is 6.04 Å². The molecule has 1 N–H and O–H groups in total. The van der Waals surface area contributed by atoms with E-state index in [1.807, 2.05) is 0 Å². The minimum Gasteiger partial charge on any atom is -0.381 e. The smallest absolute Gasteiger partial charge is 0.0509 e. The monoisotopic (exact) mass is 211 g/mol. The lowest BCUT2D eigenvalue weighted by Crippen LogP contribution is -2.44. The van der Waals surface area contributed by atoms with Gasteiger partial charge in [0.1, 0.15) is 0 Å². The molecule has 0 aromatic heterocycles. The highest BCUT2D eigenvalue weighted by molar-refractivity contribution is 4.89. The van der Waals surface area contributed by atoms with Crippen LogP contribution in [0.4, 0.5) is 0 Å². The third-order valence-corrected chi connectivity index (χ3v) is 4.43. The number of rotatable bonds is 3. The van der Waals surface area contributed by atoms with Crippen LogP contribution in [0.25, 0.3) is 0 Å². The third-order valence-electron chi connectivity index (χ3n) is 4.43. The van der Waals surface area contributed by atoms with E-state index in [1.165, 1.54) is 32.1 Å². The highest BCUT2D eigenvalue weighted by Crippen LogP contribution is 2.37. The summed E-state index contributed by atoms with van der Waals surface area (Å²) < 4.78 is 5.62. The zero-order valence-electron chi connectivity index (χ0n) is 10.2. The molecule has 1 heterocycles. The summed E-state index contributed by atoms with van der Waals surface area (Å²) in [6.45, 7) is 4.38. The molecule has 2 rings (SSSR count). The molecular weight excluding hydrogens is 186 g/mol. The lowest BCUT2D eigenvalue weighted by atomic mass is 9.80. The van der Waals surface area contributed by atoms with E-state index in [2.05, 4.69) is 19.3 Å². The molecule has 0 aromatic rings. The molecule has 0 amide bonds. The summed E-state index contributed by atoms with van der Waals surface area (Å²) in [5.74, 6) is 2.56. The van der Waals surface area contributed by atoms with Crippen molar-refractivity contribution >= 4 is 0 Å². The summed E-state index contributed by atoms with van der Waals surface area (Å²) in [6.07, 6.45) is 6.88. The first kappa shape index (κ1) is 11.4. The van der Waals surface area contributed by atoms with Gasteiger partial charge >= 0.3 is 0 Å². The molecule has 2 heteroatoms. The zero-order valence-corrected chi connectivity index (χ0v) is 10.2. The van der Waals surface area contributed by atoms with E-state index in [-0.39, 0.29) is 0 Å². The van der Waals surface area contributed by atoms with E-state index in [9.17, 15) is 0 Å². The van der Waals surface area contributed by atoms with Crippen molar-refractivity contribution in [3.8, 4) is 0 Å². The predicted molar refractivity (Wildman–Crippen MR) is 62.9 cm³/mol. The molecule has 1 aliphatic heterocycles. The fourth-order valence-electron chi connectivity index (χ4n) is 3.56. The average molecular weight is 211 g/mol. The Bertz CT molecular complexity index is 189. The number of ether oxygens (including phenoxy) is 1. The Kier molecular flexibility index (Phi) is 4.04. The van der Waals surface area contributed by atoms with Crippen LogP contribution in [0.2, 0.25) is 0 Å². The van der Waals surface area contributed by atoms with Gasteiger partial charge < -0.3 is 10.1 Å². The topological polar surface area (TPSA) is 21.3 Å². The van der Waals surface area contributed by atoms with Crippen molar-refractivity contribution in [1.82, 2.24) is 5.32 Å². The predicted octanol–water partition coefficient (Wildman–Crippen LogP) is 2.44. The molecule has 0 aromatic carbocycles. The molecule has 0 radical (unpaired) electrons. The van der Waals surface area contributed by atoms with E-state index in [1.54, 1.807) is 0 Å². The summed E-state index contributed by atoms with van der Waals surface area (Å²) >= 11 is 0. The summed E-state index contributed by atoms with van der Waals surface area (Å²) in [6, 6.07) is 0.697. The maximum atomic E-state index is 5.62. The third kappa shape index (κ3) is 2.54. The van der Waals surface area contributed by atoms with Crippen LogP contribution in [-0.2, 0) is 4.74 Å². The lowest BCUT2D eigenvalue weighted by Gasteiger charge is -2.35. The number of hydrogen-bond donors (Lipinski definition) is 1. The number of nitrogens with one attached hydrogen (secondary N) is 1. The van der Waals surface area contributed by atoms with Gasteiger partial charge in [0, 0.05) is 12.6 Å². The summed E-state index contributed by atoms with van der Waals surface area (Å²) in [4.78, 5) is 0. The molecule has 2 aliphatic rings. The van der Waals surface area contributed by atoms with Crippen LogP contribution in [0.5, 0.6) is 0 Å². The van der Waals surface area contributed by atoms with Gasteiger partial charge in [-0.15, -0.1) is 0 Å². The zero-order chi connectivity index (χ0) is 10.7. The average Bonchev–Trinajstić information content (AvgIpc) is 2.68. The molecule has 1 aliphatic carbocycles. The quantitative estimate of drug-likeness (QED) is 0.774. The van der Waals surface area contributed by atoms with Crippen molar-refractivity contribution in [1.29, 1.82) is 0 Å². The van der Waals surface area contributed by atoms with Crippen LogP contribution >= 0.6 is 0 Å². The molecular formula is C13H25NO. The van der Waals surface area contributed by atoms with Crippen LogP contribution in [0.3, 0.4) is 0 Å². The number of hydrogen-bond acceptors (Lipinski definition) is 2. The van der Waals surface area contributed by atoms with Gasteiger partial charge in [0.25, 0.3) is 0 Å². The molecule has 15 heavy (non-hydrogen) atoms. The maximum absolute atomic E-state index is 5.62. The van der Waals surface area contributed by atoms with Crippen molar-refractivity contribution in [2.24, 2.45) is 17.8 Å². The van der Waals surface area contributed by atoms with Crippen LogP contribution in [0.1, 0.15) is 39.0 Å². The maximum Gasteiger partial charge on any atom is 0.0509 e. The normalized spacial score (nSPS) is 39.2. The Morgan fingerprint density at radius 1 is 1.20 bits per heavy atom. The van der Waals surface area contributed by atoms with Crippen LogP contribution in [0, 0.1) is 17.8 Å². The van der Waals surface area contributed by atoms with E-state index >= 15 is 0 Å². The van der Waals surface area contributed by atoms with Crippen molar-refractivity contribution in [3.63, 3.8) is 0 Å². The van der Waals surface area contributed by atoms with Crippen molar-refractivity contribution < 1.29 is 4.74 Å². The largest absolute Gasteiger partial charge is 0.381 e. The van der Waals surface area contributed by atoms with Crippen molar-refractivity contribution in [2.75, 3.05) is 20.3 Å². The Hall–Kier alpha value is -0.0800. The molecule has 88 valence electrons. The van der Waals surface area contributed by atoms with Gasteiger partial charge in [0.2, 0.25) is 0 Å². The molecule has 4 atom stereocenters. The van der Waals surface area contributed by atoms with Gasteiger partial charge in [-0.2, -0.15) is 0 Å². The van der Waals surface area contributed by atoms with Gasteiger partial charge in [-0.05, 0) is 44.1 Å². The first-order valence-electron chi connectivity index (χ1n) is 6.58. The fourth-order valence-corrected chi connectivity index (χ4v) is 3.56. The highest BCUT2D eigenvalue weighted by Gasteiger charge is 2.35. The minimum atomic E-state index is 0.697. The van der Waals surface area contributed by atoms with Crippen molar-refractivity contribution in [2.45, 2.75) is 45.1 Å². The molecule has 1 saturated heterocycles. The van der Waals surface area contributed by atoms with Crippen LogP contribution in [0.15, 0.2) is 0 Å². The fraction of sp³-hybridized carbons (Fsp3) is 1.00. The van der Waals surface area contributed by atoms with Crippen LogP contribution < -0.4 is 5.32 Å². The molecule has 0 bridgehead atoms. The second kappa shape index (κ2) is 5.31. The summed E-state index contributed by atoms with van der Waals surface area (Å²) in [5.41, 5.74) is 0. The van der Waals surface area contributed by atoms with Gasteiger partial charge in [-0.1, -0.05) is 19.8 Å². The van der Waals surface area contributed by atoms with Gasteiger partial charge in [0.05, 0.1) is 6.61 Å². The van der Waals surface area contributed by atoms with E-state index in [0.717, 1.165) is 31.0 Å². The first-order valence-corrected chi connectivity index (χ1v) is 6.58.